The van der Waals surface area contributed by atoms with Gasteiger partial charge in [-0.3, -0.25) is 0 Å². The number of allylic oxidation sites excluding steroid dienone is 2. The highest BCUT2D eigenvalue weighted by atomic mass is 16.4. The first kappa shape index (κ1) is 16.7. The highest BCUT2D eigenvalue weighted by molar-refractivity contribution is 5.89. The summed E-state index contributed by atoms with van der Waals surface area (Å²) in [4.78, 5) is 33.2. The van der Waals surface area contributed by atoms with Gasteiger partial charge in [-0.25, -0.2) is 19.0 Å². The monoisotopic (exact) mass is 325 g/mol. The second-order valence-electron chi connectivity index (χ2n) is 5.43. The minimum Gasteiger partial charge on any atom is -0.480 e. The number of nitrogens with zero attached hydrogens (tertiary/aromatic N) is 1. The van der Waals surface area contributed by atoms with Crippen LogP contribution in [0.25, 0.3) is 0 Å². The van der Waals surface area contributed by atoms with E-state index in [-0.39, 0.29) is 25.1 Å². The zero-order chi connectivity index (χ0) is 17.1. The number of aliphatic hydroxyl groups is 1. The zero-order valence-corrected chi connectivity index (χ0v) is 12.0. The van der Waals surface area contributed by atoms with Crippen LogP contribution in [-0.2, 0) is 14.4 Å². The van der Waals surface area contributed by atoms with Crippen LogP contribution in [0.15, 0.2) is 23.4 Å². The summed E-state index contributed by atoms with van der Waals surface area (Å²) in [6.07, 6.45) is 3.65. The molecule has 2 rings (SSSR count). The van der Waals surface area contributed by atoms with Gasteiger partial charge in [-0.1, -0.05) is 0 Å². The molecular weight excluding hydrogens is 308 g/mol. The highest BCUT2D eigenvalue weighted by Gasteiger charge is 2.39. The van der Waals surface area contributed by atoms with Crippen LogP contribution in [0.5, 0.6) is 0 Å². The number of aliphatic hydroxyl groups excluding tert-OH is 1. The molecule has 2 aliphatic heterocycles. The summed E-state index contributed by atoms with van der Waals surface area (Å²) in [6.45, 7) is 0.150. The summed E-state index contributed by atoms with van der Waals surface area (Å²) in [6, 6.07) is -1.92. The Hall–Kier alpha value is -2.68. The van der Waals surface area contributed by atoms with E-state index in [1.54, 1.807) is 0 Å². The first-order valence-corrected chi connectivity index (χ1v) is 6.93. The zero-order valence-electron chi connectivity index (χ0n) is 12.0. The lowest BCUT2D eigenvalue weighted by molar-refractivity contribution is -0.530. The second kappa shape index (κ2) is 6.61. The van der Waals surface area contributed by atoms with Crippen molar-refractivity contribution in [1.29, 1.82) is 0 Å². The molecule has 0 amide bonds. The molecule has 9 heteroatoms. The van der Waals surface area contributed by atoms with E-state index in [1.807, 2.05) is 0 Å². The molecule has 0 aromatic carbocycles. The van der Waals surface area contributed by atoms with E-state index in [4.69, 9.17) is 15.3 Å². The van der Waals surface area contributed by atoms with Gasteiger partial charge in [0.05, 0.1) is 6.42 Å². The van der Waals surface area contributed by atoms with E-state index in [2.05, 4.69) is 5.32 Å². The van der Waals surface area contributed by atoms with E-state index >= 15 is 0 Å². The van der Waals surface area contributed by atoms with Gasteiger partial charge in [-0.05, 0) is 11.6 Å². The molecule has 2 aliphatic rings. The van der Waals surface area contributed by atoms with Crippen molar-refractivity contribution in [3.05, 3.63) is 23.4 Å². The molecule has 0 saturated carbocycles. The van der Waals surface area contributed by atoms with Gasteiger partial charge < -0.3 is 25.7 Å². The summed E-state index contributed by atoms with van der Waals surface area (Å²) in [5.74, 6) is -3.52. The van der Waals surface area contributed by atoms with Crippen molar-refractivity contribution >= 4 is 24.1 Å². The van der Waals surface area contributed by atoms with Crippen LogP contribution in [0.3, 0.4) is 0 Å². The van der Waals surface area contributed by atoms with Crippen molar-refractivity contribution in [2.45, 2.75) is 31.0 Å². The van der Waals surface area contributed by atoms with Crippen LogP contribution in [0, 0.1) is 0 Å². The summed E-state index contributed by atoms with van der Waals surface area (Å²) < 4.78 is 1.44. The number of nitrogens with one attached hydrogen (secondary N) is 1. The Kier molecular flexibility index (Phi) is 4.80. The number of carbonyl (C=O) groups is 3. The smallest absolute Gasteiger partial charge is 0.373 e. The minimum absolute atomic E-state index is 0.0662. The normalized spacial score (nSPS) is 30.8. The van der Waals surface area contributed by atoms with Gasteiger partial charge in [0.25, 0.3) is 6.04 Å². The quantitative estimate of drug-likeness (QED) is 0.398. The molecule has 0 aromatic heterocycles. The molecule has 0 aromatic rings. The van der Waals surface area contributed by atoms with Gasteiger partial charge >= 0.3 is 17.9 Å². The van der Waals surface area contributed by atoms with Gasteiger partial charge in [-0.15, -0.1) is 0 Å². The van der Waals surface area contributed by atoms with Crippen LogP contribution in [0.4, 0.5) is 0 Å². The molecule has 23 heavy (non-hydrogen) atoms. The Labute approximate surface area is 130 Å². The Morgan fingerprint density at radius 3 is 2.48 bits per heavy atom. The van der Waals surface area contributed by atoms with E-state index in [1.165, 1.54) is 22.9 Å². The fraction of sp³-hybridized carbons (Fsp3) is 0.429. The number of carboxylic acid groups (broad SMARTS) is 3. The SMILES string of the molecule is O=C(O)C1=C/C(=C\C=[N+]2C[C@@H](O)C[C@@H]2C(=O)O)C[C@H](C(=O)O)N1. The topological polar surface area (TPSA) is 147 Å². The van der Waals surface area contributed by atoms with E-state index in [0.717, 1.165) is 0 Å². The Morgan fingerprint density at radius 2 is 1.91 bits per heavy atom. The summed E-state index contributed by atoms with van der Waals surface area (Å²) in [5.41, 5.74) is 0.207. The summed E-state index contributed by atoms with van der Waals surface area (Å²) in [7, 11) is 0. The van der Waals surface area contributed by atoms with Crippen molar-refractivity contribution in [2.75, 3.05) is 6.54 Å². The van der Waals surface area contributed by atoms with E-state index in [9.17, 15) is 19.5 Å². The first-order chi connectivity index (χ1) is 10.8. The predicted molar refractivity (Wildman–Crippen MR) is 76.2 cm³/mol. The molecule has 124 valence electrons. The maximum Gasteiger partial charge on any atom is 0.373 e. The van der Waals surface area contributed by atoms with Crippen molar-refractivity contribution in [2.24, 2.45) is 0 Å². The number of hydrogen-bond acceptors (Lipinski definition) is 5. The number of carboxylic acids is 3. The largest absolute Gasteiger partial charge is 0.480 e. The maximum absolute atomic E-state index is 11.1. The van der Waals surface area contributed by atoms with Crippen LogP contribution < -0.4 is 5.32 Å². The number of rotatable bonds is 4. The predicted octanol–water partition coefficient (Wildman–Crippen LogP) is -1.37. The van der Waals surface area contributed by atoms with Crippen molar-refractivity contribution < 1.29 is 39.4 Å². The molecule has 0 radical (unpaired) electrons. The van der Waals surface area contributed by atoms with E-state index < -0.39 is 36.1 Å². The Balaban J connectivity index is 2.27. The third kappa shape index (κ3) is 3.95. The lowest BCUT2D eigenvalue weighted by atomic mass is 10.00. The standard InChI is InChI=1S/C14H16N2O7/c17-8-5-11(14(22)23)16(6-8)2-1-7-3-9(12(18)19)15-10(4-7)13(20)21/h1-3,8,10-11,17H,4-6H2,(H3,18,19,20,21,22,23)/p+1/t8-,10+,11+/m0/s1. The van der Waals surface area contributed by atoms with Crippen molar-refractivity contribution in [3.63, 3.8) is 0 Å². The molecule has 0 unspecified atom stereocenters. The second-order valence-corrected chi connectivity index (χ2v) is 5.43. The maximum atomic E-state index is 11.1. The number of aliphatic carboxylic acids is 3. The molecule has 9 nitrogen and oxygen atoms in total. The lowest BCUT2D eigenvalue weighted by Crippen LogP contribution is -2.41. The average Bonchev–Trinajstić information content (AvgIpc) is 2.86. The number of β-amino-alcohol motifs (C(OH)–C–C–N with tert-alkyl or cyclic N) is 1. The van der Waals surface area contributed by atoms with Gasteiger partial charge in [0.15, 0.2) is 12.8 Å². The number of hydrogen-bond donors (Lipinski definition) is 5. The van der Waals surface area contributed by atoms with Crippen LogP contribution >= 0.6 is 0 Å². The molecule has 1 saturated heterocycles. The van der Waals surface area contributed by atoms with Crippen LogP contribution in [-0.4, -0.2) is 73.9 Å². The summed E-state index contributed by atoms with van der Waals surface area (Å²) in [5, 5.41) is 39.1. The average molecular weight is 325 g/mol. The summed E-state index contributed by atoms with van der Waals surface area (Å²) >= 11 is 0. The molecule has 0 spiro atoms. The van der Waals surface area contributed by atoms with Crippen molar-refractivity contribution in [3.8, 4) is 0 Å². The highest BCUT2D eigenvalue weighted by Crippen LogP contribution is 2.17. The molecule has 1 fully saturated rings. The molecule has 0 aliphatic carbocycles. The molecule has 5 N–H and O–H groups in total. The van der Waals surface area contributed by atoms with Gasteiger partial charge in [0.1, 0.15) is 17.8 Å². The third-order valence-corrected chi connectivity index (χ3v) is 3.71. The molecule has 0 bridgehead atoms. The fourth-order valence-corrected chi connectivity index (χ4v) is 2.59. The van der Waals surface area contributed by atoms with Gasteiger partial charge in [0, 0.05) is 12.5 Å². The van der Waals surface area contributed by atoms with Gasteiger partial charge in [-0.2, -0.15) is 0 Å². The first-order valence-electron chi connectivity index (χ1n) is 6.93. The van der Waals surface area contributed by atoms with Crippen LogP contribution in [0.1, 0.15) is 12.8 Å². The Morgan fingerprint density at radius 1 is 1.22 bits per heavy atom. The van der Waals surface area contributed by atoms with Gasteiger partial charge in [0.2, 0.25) is 0 Å². The lowest BCUT2D eigenvalue weighted by Gasteiger charge is -2.21. The molecule has 2 heterocycles. The fourth-order valence-electron chi connectivity index (χ4n) is 2.59. The minimum atomic E-state index is -1.28. The van der Waals surface area contributed by atoms with Crippen LogP contribution in [0.2, 0.25) is 0 Å². The third-order valence-electron chi connectivity index (χ3n) is 3.71. The molecule has 3 atom stereocenters. The van der Waals surface area contributed by atoms with Crippen molar-refractivity contribution in [1.82, 2.24) is 5.32 Å². The molecular formula is C14H17N2O7+. The van der Waals surface area contributed by atoms with E-state index in [0.29, 0.717) is 5.57 Å². The Bertz CT molecular complexity index is 635.